The Morgan fingerprint density at radius 1 is 1.13 bits per heavy atom. The molecule has 0 amide bonds. The Kier molecular flexibility index (Phi) is 3.90. The van der Waals surface area contributed by atoms with Gasteiger partial charge >= 0.3 is 0 Å². The summed E-state index contributed by atoms with van der Waals surface area (Å²) in [5.74, 6) is 1.86. The van der Waals surface area contributed by atoms with Gasteiger partial charge < -0.3 is 19.9 Å². The Labute approximate surface area is 136 Å². The molecule has 3 rings (SSSR count). The first-order valence-electron chi connectivity index (χ1n) is 7.59. The predicted octanol–water partition coefficient (Wildman–Crippen LogP) is 4.38. The first kappa shape index (κ1) is 15.3. The van der Waals surface area contributed by atoms with Crippen molar-refractivity contribution in [3.8, 4) is 11.5 Å². The van der Waals surface area contributed by atoms with Crippen molar-refractivity contribution in [2.45, 2.75) is 26.0 Å². The van der Waals surface area contributed by atoms with Crippen molar-refractivity contribution in [2.75, 3.05) is 12.4 Å². The maximum atomic E-state index is 10.0. The maximum Gasteiger partial charge on any atom is 0.160 e. The van der Waals surface area contributed by atoms with Gasteiger partial charge in [0.2, 0.25) is 0 Å². The van der Waals surface area contributed by atoms with Gasteiger partial charge in [0.1, 0.15) is 17.3 Å². The topological polar surface area (TPSA) is 50.7 Å². The molecule has 2 aromatic carbocycles. The van der Waals surface area contributed by atoms with Crippen LogP contribution in [-0.2, 0) is 6.54 Å². The number of hydrogen-bond acceptors (Lipinski definition) is 4. The number of benzene rings is 2. The predicted molar refractivity (Wildman–Crippen MR) is 92.1 cm³/mol. The summed E-state index contributed by atoms with van der Waals surface area (Å²) >= 11 is 0. The molecule has 0 saturated carbocycles. The Balaban J connectivity index is 1.72. The van der Waals surface area contributed by atoms with E-state index >= 15 is 0 Å². The summed E-state index contributed by atoms with van der Waals surface area (Å²) in [6.07, 6.45) is 1.76. The van der Waals surface area contributed by atoms with Gasteiger partial charge in [-0.1, -0.05) is 12.1 Å². The van der Waals surface area contributed by atoms with E-state index in [0.29, 0.717) is 6.54 Å². The molecule has 120 valence electrons. The largest absolute Gasteiger partial charge is 0.508 e. The van der Waals surface area contributed by atoms with E-state index in [9.17, 15) is 5.11 Å². The molecule has 0 fully saturated rings. The van der Waals surface area contributed by atoms with Gasteiger partial charge in [0.25, 0.3) is 0 Å². The van der Waals surface area contributed by atoms with Crippen molar-refractivity contribution in [2.24, 2.45) is 0 Å². The fourth-order valence-electron chi connectivity index (χ4n) is 2.46. The molecule has 0 radical (unpaired) electrons. The zero-order chi connectivity index (χ0) is 16.4. The quantitative estimate of drug-likeness (QED) is 0.880. The van der Waals surface area contributed by atoms with Crippen molar-refractivity contribution in [1.82, 2.24) is 0 Å². The minimum atomic E-state index is -0.676. The fourth-order valence-corrected chi connectivity index (χ4v) is 2.46. The molecular formula is C19H21NO3. The normalized spacial score (nSPS) is 15.2. The standard InChI is InChI=1S/C19H21NO3/c1-19(2)18(21)11-14-10-15(6-9-17(14)23-19)20-12-13-4-7-16(22-3)8-5-13/h4-11,20-21H,12H2,1-3H3. The summed E-state index contributed by atoms with van der Waals surface area (Å²) in [4.78, 5) is 0. The van der Waals surface area contributed by atoms with Gasteiger partial charge in [-0.3, -0.25) is 0 Å². The second kappa shape index (κ2) is 5.88. The minimum Gasteiger partial charge on any atom is -0.508 e. The van der Waals surface area contributed by atoms with Crippen molar-refractivity contribution in [1.29, 1.82) is 0 Å². The highest BCUT2D eigenvalue weighted by Crippen LogP contribution is 2.35. The summed E-state index contributed by atoms with van der Waals surface area (Å²) in [7, 11) is 1.66. The first-order chi connectivity index (χ1) is 11.0. The molecule has 0 unspecified atom stereocenters. The van der Waals surface area contributed by atoms with E-state index in [2.05, 4.69) is 5.32 Å². The summed E-state index contributed by atoms with van der Waals surface area (Å²) in [5, 5.41) is 13.4. The number of anilines is 1. The summed E-state index contributed by atoms with van der Waals surface area (Å²) in [6.45, 7) is 4.40. The number of hydrogen-bond donors (Lipinski definition) is 2. The van der Waals surface area contributed by atoms with Crippen LogP contribution in [0.3, 0.4) is 0 Å². The van der Waals surface area contributed by atoms with Crippen LogP contribution in [-0.4, -0.2) is 17.8 Å². The zero-order valence-electron chi connectivity index (χ0n) is 13.6. The van der Waals surface area contributed by atoms with Crippen molar-refractivity contribution in [3.63, 3.8) is 0 Å². The van der Waals surface area contributed by atoms with Crippen molar-refractivity contribution in [3.05, 3.63) is 59.4 Å². The molecule has 0 spiro atoms. The SMILES string of the molecule is COc1ccc(CNc2ccc3c(c2)C=C(O)C(C)(C)O3)cc1. The van der Waals surface area contributed by atoms with E-state index in [4.69, 9.17) is 9.47 Å². The van der Waals surface area contributed by atoms with Crippen LogP contribution < -0.4 is 14.8 Å². The lowest BCUT2D eigenvalue weighted by Gasteiger charge is -2.30. The molecule has 4 heteroatoms. The summed E-state index contributed by atoms with van der Waals surface area (Å²) in [6, 6.07) is 13.8. The molecule has 0 saturated heterocycles. The van der Waals surface area contributed by atoms with E-state index in [1.54, 1.807) is 13.2 Å². The molecule has 0 aromatic heterocycles. The summed E-state index contributed by atoms with van der Waals surface area (Å²) < 4.78 is 11.0. The minimum absolute atomic E-state index is 0.234. The Hall–Kier alpha value is -2.62. The number of rotatable bonds is 4. The molecule has 2 N–H and O–H groups in total. The van der Waals surface area contributed by atoms with Gasteiger partial charge in [0.15, 0.2) is 5.60 Å². The van der Waals surface area contributed by atoms with Crippen LogP contribution in [0.2, 0.25) is 0 Å². The Bertz CT molecular complexity index is 733. The van der Waals surface area contributed by atoms with Crippen LogP contribution in [0.5, 0.6) is 11.5 Å². The number of ether oxygens (including phenoxy) is 2. The van der Waals surface area contributed by atoms with Crippen molar-refractivity contribution >= 4 is 11.8 Å². The number of aliphatic hydroxyl groups excluding tert-OH is 1. The second-order valence-electron chi connectivity index (χ2n) is 6.10. The molecule has 0 atom stereocenters. The molecule has 4 nitrogen and oxygen atoms in total. The van der Waals surface area contributed by atoms with Gasteiger partial charge in [0, 0.05) is 17.8 Å². The van der Waals surface area contributed by atoms with Crippen molar-refractivity contribution < 1.29 is 14.6 Å². The highest BCUT2D eigenvalue weighted by molar-refractivity contribution is 5.67. The van der Waals surface area contributed by atoms with E-state index in [1.807, 2.05) is 56.3 Å². The number of fused-ring (bicyclic) bond motifs is 1. The van der Waals surface area contributed by atoms with Gasteiger partial charge in [-0.05, 0) is 55.8 Å². The molecule has 0 bridgehead atoms. The number of nitrogens with one attached hydrogen (secondary N) is 1. The zero-order valence-corrected chi connectivity index (χ0v) is 13.6. The molecule has 2 aromatic rings. The fraction of sp³-hybridized carbons (Fsp3) is 0.263. The van der Waals surface area contributed by atoms with E-state index in [-0.39, 0.29) is 5.76 Å². The van der Waals surface area contributed by atoms with Crippen LogP contribution in [0.25, 0.3) is 6.08 Å². The third-order valence-electron chi connectivity index (χ3n) is 3.94. The second-order valence-corrected chi connectivity index (χ2v) is 6.10. The average Bonchev–Trinajstić information content (AvgIpc) is 2.54. The Morgan fingerprint density at radius 3 is 2.57 bits per heavy atom. The van der Waals surface area contributed by atoms with Crippen LogP contribution >= 0.6 is 0 Å². The smallest absolute Gasteiger partial charge is 0.160 e. The molecule has 1 heterocycles. The van der Waals surface area contributed by atoms with Gasteiger partial charge in [-0.2, -0.15) is 0 Å². The lowest BCUT2D eigenvalue weighted by molar-refractivity contribution is 0.0937. The maximum absolute atomic E-state index is 10.0. The van der Waals surface area contributed by atoms with E-state index in [1.165, 1.54) is 5.56 Å². The van der Waals surface area contributed by atoms with Crippen LogP contribution in [0.15, 0.2) is 48.2 Å². The Morgan fingerprint density at radius 2 is 1.87 bits per heavy atom. The van der Waals surface area contributed by atoms with Gasteiger partial charge in [-0.15, -0.1) is 0 Å². The highest BCUT2D eigenvalue weighted by atomic mass is 16.5. The third kappa shape index (κ3) is 3.26. The first-order valence-corrected chi connectivity index (χ1v) is 7.59. The van der Waals surface area contributed by atoms with Crippen LogP contribution in [0.4, 0.5) is 5.69 Å². The molecular weight excluding hydrogens is 290 g/mol. The average molecular weight is 311 g/mol. The van der Waals surface area contributed by atoms with Crippen LogP contribution in [0.1, 0.15) is 25.0 Å². The lowest BCUT2D eigenvalue weighted by atomic mass is 9.99. The van der Waals surface area contributed by atoms with Crippen LogP contribution in [0, 0.1) is 0 Å². The monoisotopic (exact) mass is 311 g/mol. The molecule has 1 aliphatic rings. The third-order valence-corrected chi connectivity index (χ3v) is 3.94. The molecule has 0 aliphatic carbocycles. The van der Waals surface area contributed by atoms with Gasteiger partial charge in [-0.25, -0.2) is 0 Å². The van der Waals surface area contributed by atoms with Gasteiger partial charge in [0.05, 0.1) is 7.11 Å². The highest BCUT2D eigenvalue weighted by Gasteiger charge is 2.30. The number of aliphatic hydroxyl groups is 1. The van der Waals surface area contributed by atoms with E-state index < -0.39 is 5.60 Å². The molecule has 23 heavy (non-hydrogen) atoms. The lowest BCUT2D eigenvalue weighted by Crippen LogP contribution is -2.33. The summed E-state index contributed by atoms with van der Waals surface area (Å²) in [5.41, 5.74) is 2.35. The van der Waals surface area contributed by atoms with E-state index in [0.717, 1.165) is 22.7 Å². The molecule has 1 aliphatic heterocycles. The number of methoxy groups -OCH3 is 1.